The maximum atomic E-state index is 12.5. The van der Waals surface area contributed by atoms with Gasteiger partial charge in [0.15, 0.2) is 0 Å². The minimum atomic E-state index is -4.42. The van der Waals surface area contributed by atoms with E-state index in [0.717, 1.165) is 16.4 Å². The molecule has 0 spiro atoms. The second kappa shape index (κ2) is 6.59. The van der Waals surface area contributed by atoms with E-state index in [1.807, 2.05) is 0 Å². The molecule has 118 valence electrons. The zero-order valence-electron chi connectivity index (χ0n) is 11.7. The Hall–Kier alpha value is -1.38. The molecular weight excluding hydrogens is 305 g/mol. The number of nitrogens with zero attached hydrogens (tertiary/aromatic N) is 1. The van der Waals surface area contributed by atoms with Gasteiger partial charge in [0.2, 0.25) is 0 Å². The number of hydrogen-bond donors (Lipinski definition) is 1. The van der Waals surface area contributed by atoms with E-state index in [2.05, 4.69) is 11.3 Å². The van der Waals surface area contributed by atoms with Crippen molar-refractivity contribution in [3.8, 4) is 0 Å². The summed E-state index contributed by atoms with van der Waals surface area (Å²) in [5.41, 5.74) is -0.340. The number of halogens is 3. The fraction of sp³-hybridized carbons (Fsp3) is 0.385. The van der Waals surface area contributed by atoms with Crippen LogP contribution >= 0.6 is 0 Å². The summed E-state index contributed by atoms with van der Waals surface area (Å²) in [4.78, 5) is 0. The highest BCUT2D eigenvalue weighted by molar-refractivity contribution is 7.87. The molecule has 0 aliphatic rings. The quantitative estimate of drug-likeness (QED) is 0.819. The lowest BCUT2D eigenvalue weighted by molar-refractivity contribution is -0.137. The van der Waals surface area contributed by atoms with Crippen LogP contribution in [0, 0.1) is 0 Å². The summed E-state index contributed by atoms with van der Waals surface area (Å²) in [6, 6.07) is 3.70. The van der Waals surface area contributed by atoms with Crippen LogP contribution in [0.5, 0.6) is 0 Å². The van der Waals surface area contributed by atoms with Crippen LogP contribution in [-0.2, 0) is 16.4 Å². The van der Waals surface area contributed by atoms with Crippen LogP contribution in [0.3, 0.4) is 0 Å². The third-order valence-electron chi connectivity index (χ3n) is 2.81. The van der Waals surface area contributed by atoms with Gasteiger partial charge in [-0.1, -0.05) is 18.2 Å². The van der Waals surface area contributed by atoms with E-state index in [4.69, 9.17) is 0 Å². The van der Waals surface area contributed by atoms with Crippen LogP contribution < -0.4 is 4.72 Å². The number of benzene rings is 1. The van der Waals surface area contributed by atoms with Crippen molar-refractivity contribution in [1.82, 2.24) is 9.03 Å². The lowest BCUT2D eigenvalue weighted by Crippen LogP contribution is -2.37. The van der Waals surface area contributed by atoms with E-state index < -0.39 is 28.0 Å². The highest BCUT2D eigenvalue weighted by Crippen LogP contribution is 2.30. The highest BCUT2D eigenvalue weighted by atomic mass is 32.2. The van der Waals surface area contributed by atoms with Crippen molar-refractivity contribution in [2.24, 2.45) is 0 Å². The summed E-state index contributed by atoms with van der Waals surface area (Å²) in [5, 5.41) is 0. The molecule has 4 nitrogen and oxygen atoms in total. The zero-order chi connectivity index (χ0) is 16.3. The number of alkyl halides is 3. The lowest BCUT2D eigenvalue weighted by atomic mass is 10.0. The molecule has 0 saturated heterocycles. The van der Waals surface area contributed by atoms with E-state index in [9.17, 15) is 21.6 Å². The van der Waals surface area contributed by atoms with E-state index >= 15 is 0 Å². The van der Waals surface area contributed by atoms with Crippen molar-refractivity contribution < 1.29 is 21.6 Å². The first kappa shape index (κ1) is 17.7. The molecule has 21 heavy (non-hydrogen) atoms. The molecule has 0 bridgehead atoms. The normalized spacial score (nSPS) is 14.2. The maximum Gasteiger partial charge on any atom is 0.416 e. The van der Waals surface area contributed by atoms with Crippen molar-refractivity contribution in [1.29, 1.82) is 0 Å². The molecule has 1 aromatic rings. The van der Waals surface area contributed by atoms with Crippen LogP contribution in [0.2, 0.25) is 0 Å². The Balaban J connectivity index is 3.04. The summed E-state index contributed by atoms with van der Waals surface area (Å²) in [7, 11) is -0.971. The van der Waals surface area contributed by atoms with Gasteiger partial charge in [-0.15, -0.1) is 6.58 Å². The molecule has 0 radical (unpaired) electrons. The minimum Gasteiger partial charge on any atom is -0.195 e. The molecule has 0 saturated carbocycles. The van der Waals surface area contributed by atoms with E-state index in [0.29, 0.717) is 5.56 Å². The summed E-state index contributed by atoms with van der Waals surface area (Å²) in [5.74, 6) is 0. The molecule has 0 aromatic heterocycles. The Morgan fingerprint density at radius 1 is 1.29 bits per heavy atom. The molecule has 8 heteroatoms. The van der Waals surface area contributed by atoms with Gasteiger partial charge >= 0.3 is 6.18 Å². The summed E-state index contributed by atoms with van der Waals surface area (Å²) >= 11 is 0. The minimum absolute atomic E-state index is 0.262. The van der Waals surface area contributed by atoms with Crippen molar-refractivity contribution in [2.75, 3.05) is 14.1 Å². The van der Waals surface area contributed by atoms with E-state index in [1.54, 1.807) is 0 Å². The SMILES string of the molecule is C=CCC(NS(=O)(=O)N(C)C)c1ccc(C(F)(F)F)cc1. The average Bonchev–Trinajstić information content (AvgIpc) is 2.37. The third kappa shape index (κ3) is 4.83. The van der Waals surface area contributed by atoms with Crippen LogP contribution in [0.15, 0.2) is 36.9 Å². The first-order valence-corrected chi connectivity index (χ1v) is 7.49. The molecule has 0 fully saturated rings. The van der Waals surface area contributed by atoms with Crippen LogP contribution in [0.1, 0.15) is 23.6 Å². The predicted molar refractivity (Wildman–Crippen MR) is 74.7 cm³/mol. The topological polar surface area (TPSA) is 49.4 Å². The van der Waals surface area contributed by atoms with Crippen LogP contribution in [0.4, 0.5) is 13.2 Å². The van der Waals surface area contributed by atoms with Gasteiger partial charge in [-0.25, -0.2) is 0 Å². The molecular formula is C13H17F3N2O2S. The Labute approximate surface area is 122 Å². The first-order valence-electron chi connectivity index (χ1n) is 6.05. The van der Waals surface area contributed by atoms with Crippen molar-refractivity contribution >= 4 is 10.2 Å². The molecule has 0 amide bonds. The Kier molecular flexibility index (Phi) is 5.54. The third-order valence-corrected chi connectivity index (χ3v) is 4.36. The fourth-order valence-corrected chi connectivity index (χ4v) is 2.41. The van der Waals surface area contributed by atoms with E-state index in [-0.39, 0.29) is 6.42 Å². The Morgan fingerprint density at radius 3 is 2.19 bits per heavy atom. The monoisotopic (exact) mass is 322 g/mol. The van der Waals surface area contributed by atoms with Crippen molar-refractivity contribution in [3.63, 3.8) is 0 Å². The summed E-state index contributed by atoms with van der Waals surface area (Å²) in [6.45, 7) is 3.53. The number of hydrogen-bond acceptors (Lipinski definition) is 2. The summed E-state index contributed by atoms with van der Waals surface area (Å²) in [6.07, 6.45) is -2.66. The molecule has 1 atom stereocenters. The van der Waals surface area contributed by atoms with Gasteiger partial charge in [-0.3, -0.25) is 0 Å². The van der Waals surface area contributed by atoms with Crippen molar-refractivity contribution in [2.45, 2.75) is 18.6 Å². The highest BCUT2D eigenvalue weighted by Gasteiger charge is 2.30. The largest absolute Gasteiger partial charge is 0.416 e. The molecule has 0 heterocycles. The van der Waals surface area contributed by atoms with Gasteiger partial charge in [0.25, 0.3) is 10.2 Å². The second-order valence-corrected chi connectivity index (χ2v) is 6.52. The average molecular weight is 322 g/mol. The van der Waals surface area contributed by atoms with Gasteiger partial charge in [-0.2, -0.15) is 30.6 Å². The summed E-state index contributed by atoms with van der Waals surface area (Å²) < 4.78 is 64.6. The molecule has 0 aliphatic heterocycles. The first-order chi connectivity index (χ1) is 9.58. The fourth-order valence-electron chi connectivity index (χ4n) is 1.61. The molecule has 1 unspecified atom stereocenters. The lowest BCUT2D eigenvalue weighted by Gasteiger charge is -2.21. The number of nitrogens with one attached hydrogen (secondary N) is 1. The van der Waals surface area contributed by atoms with Crippen molar-refractivity contribution in [3.05, 3.63) is 48.0 Å². The van der Waals surface area contributed by atoms with Gasteiger partial charge in [0, 0.05) is 14.1 Å². The smallest absolute Gasteiger partial charge is 0.195 e. The zero-order valence-corrected chi connectivity index (χ0v) is 12.5. The van der Waals surface area contributed by atoms with Gasteiger partial charge in [0.1, 0.15) is 0 Å². The molecule has 1 rings (SSSR count). The van der Waals surface area contributed by atoms with Gasteiger partial charge in [-0.05, 0) is 24.1 Å². The second-order valence-electron chi connectivity index (χ2n) is 4.60. The standard InChI is InChI=1S/C13H17F3N2O2S/c1-4-5-12(17-21(19,20)18(2)3)10-6-8-11(9-7-10)13(14,15)16/h4,6-9,12,17H,1,5H2,2-3H3. The molecule has 1 aromatic carbocycles. The Bertz CT molecular complexity index is 580. The van der Waals surface area contributed by atoms with Gasteiger partial charge in [0.05, 0.1) is 11.6 Å². The van der Waals surface area contributed by atoms with Crippen LogP contribution in [-0.4, -0.2) is 26.8 Å². The molecule has 1 N–H and O–H groups in total. The number of rotatable bonds is 6. The van der Waals surface area contributed by atoms with Gasteiger partial charge < -0.3 is 0 Å². The van der Waals surface area contributed by atoms with Crippen LogP contribution in [0.25, 0.3) is 0 Å². The predicted octanol–water partition coefficient (Wildman–Crippen LogP) is 2.72. The Morgan fingerprint density at radius 2 is 1.81 bits per heavy atom. The van der Waals surface area contributed by atoms with E-state index in [1.165, 1.54) is 32.3 Å². The molecule has 0 aliphatic carbocycles. The maximum absolute atomic E-state index is 12.5.